The highest BCUT2D eigenvalue weighted by molar-refractivity contribution is 9.10. The van der Waals surface area contributed by atoms with Crippen LogP contribution in [0.2, 0.25) is 0 Å². The van der Waals surface area contributed by atoms with E-state index in [1.807, 2.05) is 13.8 Å². The predicted octanol–water partition coefficient (Wildman–Crippen LogP) is 2.82. The lowest BCUT2D eigenvalue weighted by atomic mass is 10.0. The van der Waals surface area contributed by atoms with Gasteiger partial charge in [0, 0.05) is 5.56 Å². The van der Waals surface area contributed by atoms with Gasteiger partial charge in [-0.15, -0.1) is 0 Å². The third-order valence-electron chi connectivity index (χ3n) is 2.49. The van der Waals surface area contributed by atoms with Crippen LogP contribution in [0.15, 0.2) is 22.7 Å². The van der Waals surface area contributed by atoms with Crippen LogP contribution in [0.4, 0.5) is 4.39 Å². The minimum Gasteiger partial charge on any atom is -0.480 e. The molecule has 2 N–H and O–H groups in total. The maximum absolute atomic E-state index is 13.1. The summed E-state index contributed by atoms with van der Waals surface area (Å²) in [6.45, 7) is 3.74. The molecule has 0 aliphatic rings. The summed E-state index contributed by atoms with van der Waals surface area (Å²) in [5.41, 5.74) is 0.211. The van der Waals surface area contributed by atoms with Gasteiger partial charge in [-0.25, -0.2) is 9.18 Å². The maximum atomic E-state index is 13.1. The molecule has 0 aromatic heterocycles. The van der Waals surface area contributed by atoms with Gasteiger partial charge in [0.05, 0.1) is 4.47 Å². The number of benzene rings is 1. The minimum absolute atomic E-state index is 0.140. The van der Waals surface area contributed by atoms with Crippen LogP contribution in [-0.4, -0.2) is 23.0 Å². The van der Waals surface area contributed by atoms with Crippen molar-refractivity contribution in [3.63, 3.8) is 0 Å². The number of nitrogens with one attached hydrogen (secondary N) is 1. The van der Waals surface area contributed by atoms with Crippen LogP contribution >= 0.6 is 15.9 Å². The monoisotopic (exact) mass is 331 g/mol. The van der Waals surface area contributed by atoms with Crippen molar-refractivity contribution < 1.29 is 19.1 Å². The summed E-state index contributed by atoms with van der Waals surface area (Å²) in [6, 6.07) is 2.83. The molecule has 0 spiro atoms. The molecule has 19 heavy (non-hydrogen) atoms. The van der Waals surface area contributed by atoms with Crippen LogP contribution in [0.5, 0.6) is 0 Å². The first-order valence-electron chi connectivity index (χ1n) is 5.80. The average molecular weight is 332 g/mol. The smallest absolute Gasteiger partial charge is 0.326 e. The third-order valence-corrected chi connectivity index (χ3v) is 3.10. The summed E-state index contributed by atoms with van der Waals surface area (Å²) >= 11 is 2.98. The molecule has 0 bridgehead atoms. The number of amides is 1. The standard InChI is InChI=1S/C13H15BrFNO3/c1-7(2)5-11(13(18)19)16-12(17)8-3-4-10(15)9(14)6-8/h3-4,6-7,11H,5H2,1-2H3,(H,16,17)(H,18,19)/t11-/m1/s1. The number of carboxylic acids is 1. The molecule has 0 unspecified atom stereocenters. The fourth-order valence-corrected chi connectivity index (χ4v) is 1.95. The quantitative estimate of drug-likeness (QED) is 0.871. The van der Waals surface area contributed by atoms with Gasteiger partial charge in [0.1, 0.15) is 11.9 Å². The van der Waals surface area contributed by atoms with Crippen LogP contribution in [0.1, 0.15) is 30.6 Å². The van der Waals surface area contributed by atoms with Gasteiger partial charge >= 0.3 is 5.97 Å². The molecule has 0 saturated carbocycles. The molecule has 104 valence electrons. The molecule has 1 rings (SSSR count). The van der Waals surface area contributed by atoms with Crippen LogP contribution in [0.3, 0.4) is 0 Å². The van der Waals surface area contributed by atoms with E-state index >= 15 is 0 Å². The average Bonchev–Trinajstić information content (AvgIpc) is 2.31. The Labute approximate surface area is 119 Å². The van der Waals surface area contributed by atoms with Crippen molar-refractivity contribution in [1.29, 1.82) is 0 Å². The van der Waals surface area contributed by atoms with Crippen LogP contribution in [0.25, 0.3) is 0 Å². The zero-order valence-corrected chi connectivity index (χ0v) is 12.2. The Balaban J connectivity index is 2.81. The van der Waals surface area contributed by atoms with E-state index in [0.717, 1.165) is 6.07 Å². The van der Waals surface area contributed by atoms with Gasteiger partial charge in [-0.3, -0.25) is 4.79 Å². The zero-order valence-electron chi connectivity index (χ0n) is 10.6. The molecule has 1 aromatic rings. The van der Waals surface area contributed by atoms with Gasteiger partial charge in [-0.05, 0) is 46.5 Å². The molecule has 0 aliphatic carbocycles. The second-order valence-corrected chi connectivity index (χ2v) is 5.48. The summed E-state index contributed by atoms with van der Waals surface area (Å²) in [6.07, 6.45) is 0.337. The Morgan fingerprint density at radius 1 is 1.42 bits per heavy atom. The molecule has 1 amide bonds. The fourth-order valence-electron chi connectivity index (χ4n) is 1.57. The van der Waals surface area contributed by atoms with E-state index in [-0.39, 0.29) is 16.0 Å². The number of hydrogen-bond acceptors (Lipinski definition) is 2. The van der Waals surface area contributed by atoms with Crippen molar-refractivity contribution in [1.82, 2.24) is 5.32 Å². The Morgan fingerprint density at radius 3 is 2.53 bits per heavy atom. The summed E-state index contributed by atoms with van der Waals surface area (Å²) in [7, 11) is 0. The van der Waals surface area contributed by atoms with E-state index in [4.69, 9.17) is 5.11 Å². The van der Waals surface area contributed by atoms with Crippen molar-refractivity contribution in [3.8, 4) is 0 Å². The van der Waals surface area contributed by atoms with Gasteiger partial charge in [-0.1, -0.05) is 13.8 Å². The third kappa shape index (κ3) is 4.63. The molecule has 1 aromatic carbocycles. The number of carbonyl (C=O) groups is 2. The molecule has 4 nitrogen and oxygen atoms in total. The van der Waals surface area contributed by atoms with Gasteiger partial charge in [0.15, 0.2) is 0 Å². The summed E-state index contributed by atoms with van der Waals surface area (Å²) in [4.78, 5) is 22.9. The zero-order chi connectivity index (χ0) is 14.6. The molecule has 0 saturated heterocycles. The SMILES string of the molecule is CC(C)C[C@@H](NC(=O)c1ccc(F)c(Br)c1)C(=O)O. The van der Waals surface area contributed by atoms with Crippen LogP contribution in [0, 0.1) is 11.7 Å². The largest absolute Gasteiger partial charge is 0.480 e. The van der Waals surface area contributed by atoms with Crippen LogP contribution in [-0.2, 0) is 4.79 Å². The van der Waals surface area contributed by atoms with Crippen molar-refractivity contribution in [2.45, 2.75) is 26.3 Å². The van der Waals surface area contributed by atoms with Gasteiger partial charge < -0.3 is 10.4 Å². The molecule has 1 atom stereocenters. The maximum Gasteiger partial charge on any atom is 0.326 e. The Kier molecular flexibility index (Phi) is 5.47. The van der Waals surface area contributed by atoms with Crippen molar-refractivity contribution in [2.75, 3.05) is 0 Å². The Morgan fingerprint density at radius 2 is 2.05 bits per heavy atom. The lowest BCUT2D eigenvalue weighted by Gasteiger charge is -2.16. The van der Waals surface area contributed by atoms with E-state index in [1.54, 1.807) is 0 Å². The van der Waals surface area contributed by atoms with E-state index < -0.39 is 23.7 Å². The van der Waals surface area contributed by atoms with Gasteiger partial charge in [-0.2, -0.15) is 0 Å². The van der Waals surface area contributed by atoms with Gasteiger partial charge in [0.25, 0.3) is 5.91 Å². The van der Waals surface area contributed by atoms with E-state index in [1.165, 1.54) is 12.1 Å². The fraction of sp³-hybridized carbons (Fsp3) is 0.385. The van der Waals surface area contributed by atoms with Crippen molar-refractivity contribution >= 4 is 27.8 Å². The Bertz CT molecular complexity index is 491. The first-order valence-corrected chi connectivity index (χ1v) is 6.59. The number of rotatable bonds is 5. The number of carboxylic acid groups (broad SMARTS) is 1. The van der Waals surface area contributed by atoms with E-state index in [2.05, 4.69) is 21.2 Å². The number of halogens is 2. The van der Waals surface area contributed by atoms with E-state index in [0.29, 0.717) is 6.42 Å². The molecule has 0 heterocycles. The predicted molar refractivity (Wildman–Crippen MR) is 72.4 cm³/mol. The summed E-state index contributed by atoms with van der Waals surface area (Å²) < 4.78 is 13.2. The molecular weight excluding hydrogens is 317 g/mol. The second-order valence-electron chi connectivity index (χ2n) is 4.62. The second kappa shape index (κ2) is 6.65. The lowest BCUT2D eigenvalue weighted by Crippen LogP contribution is -2.41. The van der Waals surface area contributed by atoms with Crippen molar-refractivity contribution in [2.24, 2.45) is 5.92 Å². The summed E-state index contributed by atoms with van der Waals surface area (Å²) in [5, 5.41) is 11.5. The normalized spacial score (nSPS) is 12.3. The number of hydrogen-bond donors (Lipinski definition) is 2. The molecule has 6 heteroatoms. The molecular formula is C13H15BrFNO3. The highest BCUT2D eigenvalue weighted by Gasteiger charge is 2.21. The van der Waals surface area contributed by atoms with Crippen molar-refractivity contribution in [3.05, 3.63) is 34.1 Å². The highest BCUT2D eigenvalue weighted by Crippen LogP contribution is 2.17. The Hall–Kier alpha value is -1.43. The minimum atomic E-state index is -1.08. The first kappa shape index (κ1) is 15.6. The molecule has 0 radical (unpaired) electrons. The number of carbonyl (C=O) groups excluding carboxylic acids is 1. The lowest BCUT2D eigenvalue weighted by molar-refractivity contribution is -0.139. The van der Waals surface area contributed by atoms with Gasteiger partial charge in [0.2, 0.25) is 0 Å². The first-order chi connectivity index (χ1) is 8.81. The molecule has 0 fully saturated rings. The highest BCUT2D eigenvalue weighted by atomic mass is 79.9. The van der Waals surface area contributed by atoms with Crippen LogP contribution < -0.4 is 5.32 Å². The summed E-state index contributed by atoms with van der Waals surface area (Å²) in [5.74, 6) is -1.95. The topological polar surface area (TPSA) is 66.4 Å². The molecule has 0 aliphatic heterocycles. The number of aliphatic carboxylic acids is 1. The van der Waals surface area contributed by atoms with E-state index in [9.17, 15) is 14.0 Å².